The number of aliphatic carboxylic acids is 1. The number of carbonyl (C=O) groups excluding carboxylic acids is 1. The van der Waals surface area contributed by atoms with Crippen LogP contribution in [0.5, 0.6) is 0 Å². The van der Waals surface area contributed by atoms with Gasteiger partial charge in [-0.15, -0.1) is 0 Å². The lowest BCUT2D eigenvalue weighted by molar-refractivity contribution is -0.358. The van der Waals surface area contributed by atoms with Crippen LogP contribution in [0.3, 0.4) is 0 Å². The van der Waals surface area contributed by atoms with Crippen LogP contribution < -0.4 is 11.1 Å². The maximum Gasteiger partial charge on any atom is 0.310 e. The van der Waals surface area contributed by atoms with E-state index in [9.17, 15) is 45.6 Å². The Morgan fingerprint density at radius 2 is 1.69 bits per heavy atom. The number of nitrogens with zero attached hydrogens (tertiary/aromatic N) is 1. The quantitative estimate of drug-likeness (QED) is 0.0856. The van der Waals surface area contributed by atoms with E-state index in [4.69, 9.17) is 15.2 Å². The Hall–Kier alpha value is -2.77. The molecule has 2 saturated heterocycles. The molecule has 21 unspecified atom stereocenters. The van der Waals surface area contributed by atoms with Crippen molar-refractivity contribution in [2.45, 2.75) is 185 Å². The molecule has 1 aromatic rings. The number of fused-ring (bicyclic) bond motifs is 2. The van der Waals surface area contributed by atoms with Crippen LogP contribution in [0.2, 0.25) is 0 Å². The number of carboxylic acid groups (broad SMARTS) is 1. The number of aromatic amines is 1. The molecule has 6 saturated carbocycles. The van der Waals surface area contributed by atoms with E-state index in [1.807, 2.05) is 6.92 Å². The van der Waals surface area contributed by atoms with Gasteiger partial charge in [0.25, 0.3) is 0 Å². The third kappa shape index (κ3) is 6.15. The summed E-state index contributed by atoms with van der Waals surface area (Å²) >= 11 is 0. The average Bonchev–Trinajstić information content (AvgIpc) is 4.10. The summed E-state index contributed by atoms with van der Waals surface area (Å²) in [4.78, 5) is 36.5. The highest BCUT2D eigenvalue weighted by Crippen LogP contribution is 2.87. The van der Waals surface area contributed by atoms with Crippen LogP contribution in [0.15, 0.2) is 35.8 Å². The highest BCUT2D eigenvalue weighted by Gasteiger charge is 2.83. The van der Waals surface area contributed by atoms with E-state index in [-0.39, 0.29) is 61.2 Å². The van der Waals surface area contributed by atoms with Gasteiger partial charge in [0.2, 0.25) is 5.91 Å². The van der Waals surface area contributed by atoms with Gasteiger partial charge in [0.1, 0.15) is 24.5 Å². The molecule has 2 aliphatic heterocycles. The molecule has 8 aliphatic carbocycles. The van der Waals surface area contributed by atoms with Gasteiger partial charge >= 0.3 is 5.97 Å². The van der Waals surface area contributed by atoms with Crippen molar-refractivity contribution in [3.8, 4) is 0 Å². The van der Waals surface area contributed by atoms with Crippen molar-refractivity contribution in [1.82, 2.24) is 15.3 Å². The number of aromatic nitrogens is 2. The Kier molecular flexibility index (Phi) is 11.7. The van der Waals surface area contributed by atoms with Crippen molar-refractivity contribution in [2.24, 2.45) is 78.6 Å². The Balaban J connectivity index is 1.14. The zero-order valence-corrected chi connectivity index (χ0v) is 41.6. The zero-order chi connectivity index (χ0) is 49.8. The number of imidazole rings is 1. The van der Waals surface area contributed by atoms with Crippen molar-refractivity contribution in [3.05, 3.63) is 41.5 Å². The monoisotopic (exact) mass is 977 g/mol. The van der Waals surface area contributed by atoms with Gasteiger partial charge in [-0.3, -0.25) is 9.59 Å². The molecule has 8 fully saturated rings. The lowest BCUT2D eigenvalue weighted by Gasteiger charge is -2.82. The van der Waals surface area contributed by atoms with Crippen LogP contribution in [-0.2, 0) is 19.1 Å². The number of H-pyrrole nitrogens is 1. The minimum Gasteiger partial charge on any atom is -0.481 e. The number of rotatable bonds is 11. The van der Waals surface area contributed by atoms with Gasteiger partial charge in [-0.1, -0.05) is 63.8 Å². The molecule has 70 heavy (non-hydrogen) atoms. The highest BCUT2D eigenvalue weighted by atomic mass is 16.7. The predicted octanol–water partition coefficient (Wildman–Crippen LogP) is 3.78. The van der Waals surface area contributed by atoms with E-state index in [1.54, 1.807) is 12.5 Å². The predicted molar refractivity (Wildman–Crippen MR) is 254 cm³/mol. The summed E-state index contributed by atoms with van der Waals surface area (Å²) in [6.07, 6.45) is 9.37. The third-order valence-electron chi connectivity index (χ3n) is 23.4. The summed E-state index contributed by atoms with van der Waals surface area (Å²) in [6, 6.07) is -0.446. The Morgan fingerprint density at radius 1 is 0.943 bits per heavy atom. The van der Waals surface area contributed by atoms with E-state index < -0.39 is 105 Å². The van der Waals surface area contributed by atoms with Gasteiger partial charge < -0.3 is 66.4 Å². The number of amides is 1. The average molecular weight is 977 g/mol. The van der Waals surface area contributed by atoms with Crippen LogP contribution in [0.4, 0.5) is 0 Å². The second-order valence-electron chi connectivity index (χ2n) is 25.6. The highest BCUT2D eigenvalue weighted by molar-refractivity contribution is 5.86. The van der Waals surface area contributed by atoms with E-state index in [1.165, 1.54) is 11.1 Å². The van der Waals surface area contributed by atoms with Gasteiger partial charge in [-0.25, -0.2) is 4.98 Å². The van der Waals surface area contributed by atoms with Crippen LogP contribution in [0.25, 0.3) is 0 Å². The molecule has 12 N–H and O–H groups in total. The first-order valence-corrected chi connectivity index (χ1v) is 26.8. The van der Waals surface area contributed by atoms with Crippen molar-refractivity contribution >= 4 is 11.9 Å². The Bertz CT molecular complexity index is 2290. The molecule has 3 heterocycles. The first-order chi connectivity index (χ1) is 33.2. The zero-order valence-electron chi connectivity index (χ0n) is 41.6. The lowest BCUT2D eigenvalue weighted by Crippen LogP contribution is -2.79. The van der Waals surface area contributed by atoms with Gasteiger partial charge in [-0.05, 0) is 129 Å². The first-order valence-electron chi connectivity index (χ1n) is 26.8. The largest absolute Gasteiger partial charge is 0.481 e. The van der Waals surface area contributed by atoms with Gasteiger partial charge in [0.15, 0.2) is 6.29 Å². The molecule has 16 nitrogen and oxygen atoms in total. The number of nitrogens with two attached hydrogens (primary N) is 1. The number of ether oxygens (including phenoxy) is 2. The fourth-order valence-electron chi connectivity index (χ4n) is 20.1. The van der Waals surface area contributed by atoms with Crippen molar-refractivity contribution < 1.29 is 59.9 Å². The van der Waals surface area contributed by atoms with E-state index in [2.05, 4.69) is 48.2 Å². The molecule has 1 amide bonds. The second kappa shape index (κ2) is 16.6. The van der Waals surface area contributed by atoms with Crippen LogP contribution in [0.1, 0.15) is 142 Å². The number of hydrogen-bond acceptors (Lipinski definition) is 13. The number of hydrogen-bond donors (Lipinski definition) is 11. The molecule has 1 aromatic heterocycles. The topological polar surface area (TPSA) is 281 Å². The lowest BCUT2D eigenvalue weighted by atomic mass is 9.21. The summed E-state index contributed by atoms with van der Waals surface area (Å²) in [7, 11) is 0. The first kappa shape index (κ1) is 49.4. The fourth-order valence-corrected chi connectivity index (χ4v) is 20.1. The van der Waals surface area contributed by atoms with Gasteiger partial charge in [0, 0.05) is 53.1 Å². The maximum absolute atomic E-state index is 15.1. The summed E-state index contributed by atoms with van der Waals surface area (Å²) < 4.78 is 12.8. The number of carboxylic acids is 1. The van der Waals surface area contributed by atoms with Crippen LogP contribution in [0, 0.1) is 72.9 Å². The maximum atomic E-state index is 15.1. The minimum absolute atomic E-state index is 0.00410. The summed E-state index contributed by atoms with van der Waals surface area (Å²) in [5.41, 5.74) is 4.09. The standard InChI is InChI=1S/C54H80N4O12/c1-47(25-59)17-18-51(46(67)68)19-20-53-15-9-28-21-30(37-39(58-45(66)52(37)12-5-6-13-52)29(7-8-36(55)62)33-23-56-27-57-33)38-41(64)43(70-44-42(65)40(63)34(61)24-69-44)48(2,26-60)35-11-14-49(53,3)54(28,50(35,38)4)16-10-31(53)32(51)22-47/h10,21,23,27,29-30,32,34-44,59-65H,5-9,11-20,22,24-26,55H2,1-4H3,(H,56,57)(H,58,66)(H,67,68). The molecule has 0 radical (unpaired) electrons. The van der Waals surface area contributed by atoms with Crippen molar-refractivity contribution in [2.75, 3.05) is 19.8 Å². The molecule has 21 atom stereocenters. The molecule has 2 bridgehead atoms. The van der Waals surface area contributed by atoms with Crippen molar-refractivity contribution in [3.63, 3.8) is 0 Å². The SMILES string of the molecule is CC1(CO)CCC2(C(=O)O)CCC34CCC5=CC(C6C(C(CCC(N)O)c7cnc[nH]7)NC(=O)C67CCCC7)C6C(O)C(OC7OCC(O)C(O)C7O)C(C)(CO)C7CCC3(C)C5(CC=C4C2C1)C67C. The number of allylic oxidation sites excluding steroid dienone is 4. The third-order valence-corrected chi connectivity index (χ3v) is 23.4. The number of carbonyl (C=O) groups is 2. The summed E-state index contributed by atoms with van der Waals surface area (Å²) in [6.45, 7) is 8.25. The number of aliphatic hydroxyl groups is 7. The van der Waals surface area contributed by atoms with Gasteiger partial charge in [0.05, 0.1) is 42.6 Å². The molecule has 16 heteroatoms. The molecular weight excluding hydrogens is 897 g/mol. The van der Waals surface area contributed by atoms with Crippen LogP contribution >= 0.6 is 0 Å². The Morgan fingerprint density at radius 3 is 2.36 bits per heavy atom. The smallest absolute Gasteiger partial charge is 0.310 e. The number of nitrogens with one attached hydrogen (secondary N) is 2. The molecule has 388 valence electrons. The Labute approximate surface area is 411 Å². The molecular formula is C54H80N4O12. The molecule has 0 aromatic carbocycles. The van der Waals surface area contributed by atoms with Gasteiger partial charge in [-0.2, -0.15) is 0 Å². The minimum atomic E-state index is -1.64. The van der Waals surface area contributed by atoms with E-state index in [0.29, 0.717) is 57.8 Å². The normalized spacial score (nSPS) is 50.8. The van der Waals surface area contributed by atoms with Crippen molar-refractivity contribution in [1.29, 1.82) is 0 Å². The fraction of sp³-hybridized carbons (Fsp3) is 0.833. The van der Waals surface area contributed by atoms with E-state index in [0.717, 1.165) is 44.2 Å². The number of aliphatic hydroxyl groups excluding tert-OH is 7. The second-order valence-corrected chi connectivity index (χ2v) is 25.6. The molecule has 11 rings (SSSR count). The van der Waals surface area contributed by atoms with Crippen LogP contribution in [-0.4, -0.2) is 132 Å². The van der Waals surface area contributed by atoms with E-state index >= 15 is 4.79 Å². The summed E-state index contributed by atoms with van der Waals surface area (Å²) in [5.74, 6) is -2.92. The molecule has 3 spiro atoms. The molecule has 10 aliphatic rings. The summed E-state index contributed by atoms with van der Waals surface area (Å²) in [5, 5.41) is 94.8.